The highest BCUT2D eigenvalue weighted by Crippen LogP contribution is 2.32. The number of anilines is 1. The largest absolute Gasteiger partial charge is 0.298 e. The number of rotatable bonds is 3. The van der Waals surface area contributed by atoms with Crippen LogP contribution in [-0.2, 0) is 0 Å². The first-order chi connectivity index (χ1) is 11.7. The summed E-state index contributed by atoms with van der Waals surface area (Å²) >= 11 is 3.01. The molecule has 0 aliphatic rings. The lowest BCUT2D eigenvalue weighted by Gasteiger charge is -2.02. The minimum absolute atomic E-state index is 0.149. The fraction of sp³-hybridized carbons (Fsp3) is 0.0556. The third-order valence-corrected chi connectivity index (χ3v) is 5.33. The van der Waals surface area contributed by atoms with Crippen molar-refractivity contribution in [1.29, 1.82) is 0 Å². The molecule has 0 fully saturated rings. The number of carbonyl (C=O) groups excluding carboxylic acids is 1. The summed E-state index contributed by atoms with van der Waals surface area (Å²) in [7, 11) is 0. The Bertz CT molecular complexity index is 1000. The van der Waals surface area contributed by atoms with Crippen molar-refractivity contribution >= 4 is 43.9 Å². The summed E-state index contributed by atoms with van der Waals surface area (Å²) < 4.78 is 1.13. The van der Waals surface area contributed by atoms with Crippen molar-refractivity contribution in [2.45, 2.75) is 6.92 Å². The van der Waals surface area contributed by atoms with E-state index in [-0.39, 0.29) is 5.91 Å². The normalized spacial score (nSPS) is 10.9. The Morgan fingerprint density at radius 2 is 1.96 bits per heavy atom. The van der Waals surface area contributed by atoms with E-state index in [1.54, 1.807) is 17.4 Å². The van der Waals surface area contributed by atoms with Crippen molar-refractivity contribution in [3.63, 3.8) is 0 Å². The molecule has 0 radical (unpaired) electrons. The molecule has 4 nitrogen and oxygen atoms in total. The number of carbonyl (C=O) groups is 1. The minimum Gasteiger partial charge on any atom is -0.298 e. The smallest absolute Gasteiger partial charge is 0.257 e. The van der Waals surface area contributed by atoms with Gasteiger partial charge in [-0.2, -0.15) is 0 Å². The summed E-state index contributed by atoms with van der Waals surface area (Å²) in [6.07, 6.45) is 0. The third kappa shape index (κ3) is 2.93. The molecule has 4 rings (SSSR count). The number of benzene rings is 2. The molecular formula is C18H13N3OS2. The van der Waals surface area contributed by atoms with Crippen molar-refractivity contribution in [3.05, 3.63) is 65.0 Å². The van der Waals surface area contributed by atoms with E-state index in [4.69, 9.17) is 0 Å². The molecule has 0 unspecified atom stereocenters. The summed E-state index contributed by atoms with van der Waals surface area (Å²) in [5.41, 5.74) is 3.44. The van der Waals surface area contributed by atoms with E-state index in [1.807, 2.05) is 54.8 Å². The fourth-order valence-corrected chi connectivity index (χ4v) is 4.06. The van der Waals surface area contributed by atoms with Gasteiger partial charge in [0, 0.05) is 10.9 Å². The van der Waals surface area contributed by atoms with Crippen molar-refractivity contribution < 1.29 is 4.79 Å². The monoisotopic (exact) mass is 351 g/mol. The van der Waals surface area contributed by atoms with Crippen LogP contribution in [0.1, 0.15) is 15.9 Å². The Labute approximate surface area is 146 Å². The van der Waals surface area contributed by atoms with Gasteiger partial charge in [0.05, 0.1) is 10.2 Å². The number of aryl methyl sites for hydroxylation is 1. The third-order valence-electron chi connectivity index (χ3n) is 3.52. The zero-order valence-corrected chi connectivity index (χ0v) is 14.4. The van der Waals surface area contributed by atoms with Crippen molar-refractivity contribution in [2.24, 2.45) is 0 Å². The van der Waals surface area contributed by atoms with E-state index >= 15 is 0 Å². The summed E-state index contributed by atoms with van der Waals surface area (Å²) in [6, 6.07) is 15.5. The zero-order valence-electron chi connectivity index (χ0n) is 12.8. The van der Waals surface area contributed by atoms with Gasteiger partial charge in [-0.05, 0) is 31.2 Å². The molecule has 1 amide bonds. The van der Waals surface area contributed by atoms with Crippen LogP contribution in [0.15, 0.2) is 53.9 Å². The number of para-hydroxylation sites is 1. The van der Waals surface area contributed by atoms with Gasteiger partial charge in [0.1, 0.15) is 10.7 Å². The Morgan fingerprint density at radius 3 is 2.79 bits per heavy atom. The van der Waals surface area contributed by atoms with Gasteiger partial charge in [-0.25, -0.2) is 9.97 Å². The Morgan fingerprint density at radius 1 is 1.08 bits per heavy atom. The maximum atomic E-state index is 12.3. The lowest BCUT2D eigenvalue weighted by Crippen LogP contribution is -2.11. The quantitative estimate of drug-likeness (QED) is 0.566. The number of nitrogens with one attached hydrogen (secondary N) is 1. The first-order valence-corrected chi connectivity index (χ1v) is 9.08. The van der Waals surface area contributed by atoms with Gasteiger partial charge in [0.2, 0.25) is 0 Å². The molecule has 2 aromatic heterocycles. The molecule has 0 aliphatic heterocycles. The second kappa shape index (κ2) is 6.14. The molecule has 0 aliphatic carbocycles. The zero-order chi connectivity index (χ0) is 16.5. The highest BCUT2D eigenvalue weighted by atomic mass is 32.1. The van der Waals surface area contributed by atoms with E-state index in [9.17, 15) is 4.79 Å². The second-order valence-corrected chi connectivity index (χ2v) is 7.24. The molecule has 4 aromatic rings. The standard InChI is InChI=1S/C18H13N3OS2/c1-11-5-4-6-12(9-11)16(22)21-18-20-14(10-23-18)17-19-13-7-2-3-8-15(13)24-17/h2-10H,1H3,(H,20,21,22). The molecular weight excluding hydrogens is 338 g/mol. The predicted octanol–water partition coefficient (Wildman–Crippen LogP) is 4.98. The van der Waals surface area contributed by atoms with Crippen LogP contribution in [0.25, 0.3) is 20.9 Å². The van der Waals surface area contributed by atoms with Gasteiger partial charge in [-0.3, -0.25) is 10.1 Å². The van der Waals surface area contributed by atoms with E-state index in [0.717, 1.165) is 26.5 Å². The van der Waals surface area contributed by atoms with E-state index < -0.39 is 0 Å². The molecule has 2 aromatic carbocycles. The van der Waals surface area contributed by atoms with Crippen LogP contribution in [0.2, 0.25) is 0 Å². The van der Waals surface area contributed by atoms with Crippen LogP contribution in [0, 0.1) is 6.92 Å². The molecule has 118 valence electrons. The first-order valence-electron chi connectivity index (χ1n) is 7.38. The number of aromatic nitrogens is 2. The Kier molecular flexibility index (Phi) is 3.84. The summed E-state index contributed by atoms with van der Waals surface area (Å²) in [5, 5.41) is 6.22. The van der Waals surface area contributed by atoms with E-state index in [0.29, 0.717) is 10.7 Å². The minimum atomic E-state index is -0.149. The van der Waals surface area contributed by atoms with Gasteiger partial charge in [-0.15, -0.1) is 22.7 Å². The van der Waals surface area contributed by atoms with Crippen LogP contribution in [0.5, 0.6) is 0 Å². The first kappa shape index (κ1) is 15.0. The maximum Gasteiger partial charge on any atom is 0.257 e. The van der Waals surface area contributed by atoms with Gasteiger partial charge in [-0.1, -0.05) is 29.8 Å². The van der Waals surface area contributed by atoms with Gasteiger partial charge >= 0.3 is 0 Å². The van der Waals surface area contributed by atoms with Crippen LogP contribution in [-0.4, -0.2) is 15.9 Å². The van der Waals surface area contributed by atoms with Crippen LogP contribution < -0.4 is 5.32 Å². The lowest BCUT2D eigenvalue weighted by atomic mass is 10.1. The molecule has 0 bridgehead atoms. The fourth-order valence-electron chi connectivity index (χ4n) is 2.37. The number of hydrogen-bond donors (Lipinski definition) is 1. The van der Waals surface area contributed by atoms with E-state index in [2.05, 4.69) is 15.3 Å². The summed E-state index contributed by atoms with van der Waals surface area (Å²) in [5.74, 6) is -0.149. The number of nitrogens with zero attached hydrogens (tertiary/aromatic N) is 2. The average Bonchev–Trinajstić information content (AvgIpc) is 3.21. The van der Waals surface area contributed by atoms with Gasteiger partial charge in [0.15, 0.2) is 5.13 Å². The second-order valence-electron chi connectivity index (χ2n) is 5.35. The Hall–Kier alpha value is -2.57. The van der Waals surface area contributed by atoms with Crippen LogP contribution in [0.4, 0.5) is 5.13 Å². The number of hydrogen-bond acceptors (Lipinski definition) is 5. The van der Waals surface area contributed by atoms with Crippen LogP contribution in [0.3, 0.4) is 0 Å². The SMILES string of the molecule is Cc1cccc(C(=O)Nc2nc(-c3nc4ccccc4s3)cs2)c1. The molecule has 0 saturated carbocycles. The molecule has 2 heterocycles. The topological polar surface area (TPSA) is 54.9 Å². The molecule has 1 N–H and O–H groups in total. The molecule has 24 heavy (non-hydrogen) atoms. The van der Waals surface area contributed by atoms with Crippen LogP contribution >= 0.6 is 22.7 Å². The highest BCUT2D eigenvalue weighted by molar-refractivity contribution is 7.22. The van der Waals surface area contributed by atoms with Crippen molar-refractivity contribution in [1.82, 2.24) is 9.97 Å². The van der Waals surface area contributed by atoms with Gasteiger partial charge < -0.3 is 0 Å². The maximum absolute atomic E-state index is 12.3. The van der Waals surface area contributed by atoms with Crippen molar-refractivity contribution in [2.75, 3.05) is 5.32 Å². The predicted molar refractivity (Wildman–Crippen MR) is 99.9 cm³/mol. The molecule has 0 spiro atoms. The number of thiazole rings is 2. The van der Waals surface area contributed by atoms with Gasteiger partial charge in [0.25, 0.3) is 5.91 Å². The summed E-state index contributed by atoms with van der Waals surface area (Å²) in [4.78, 5) is 21.4. The highest BCUT2D eigenvalue weighted by Gasteiger charge is 2.12. The number of fused-ring (bicyclic) bond motifs is 1. The molecule has 0 atom stereocenters. The molecule has 0 saturated heterocycles. The van der Waals surface area contributed by atoms with E-state index in [1.165, 1.54) is 11.3 Å². The van der Waals surface area contributed by atoms with Crippen molar-refractivity contribution in [3.8, 4) is 10.7 Å². The molecule has 6 heteroatoms. The average molecular weight is 351 g/mol. The summed E-state index contributed by atoms with van der Waals surface area (Å²) in [6.45, 7) is 1.96. The number of amides is 1. The lowest BCUT2D eigenvalue weighted by molar-refractivity contribution is 0.102. The Balaban J connectivity index is 1.57.